The number of aryl methyl sites for hydroxylation is 1. The highest BCUT2D eigenvalue weighted by Crippen LogP contribution is 2.19. The van der Waals surface area contributed by atoms with Crippen LogP contribution in [0.2, 0.25) is 0 Å². The molecule has 4 nitrogen and oxygen atoms in total. The van der Waals surface area contributed by atoms with Gasteiger partial charge in [-0.25, -0.2) is 13.4 Å². The third kappa shape index (κ3) is 3.84. The van der Waals surface area contributed by atoms with Gasteiger partial charge in [-0.05, 0) is 24.3 Å². The maximum Gasteiger partial charge on any atom is 0.179 e. The van der Waals surface area contributed by atoms with E-state index in [4.69, 9.17) is 0 Å². The van der Waals surface area contributed by atoms with Crippen molar-refractivity contribution in [3.8, 4) is 0 Å². The number of aromatic nitrogens is 2. The van der Waals surface area contributed by atoms with Gasteiger partial charge in [0.2, 0.25) is 0 Å². The second kappa shape index (κ2) is 6.11. The Bertz CT molecular complexity index is 651. The van der Waals surface area contributed by atoms with Gasteiger partial charge in [-0.15, -0.1) is 0 Å². The highest BCUT2D eigenvalue weighted by Gasteiger charge is 2.14. The zero-order valence-corrected chi connectivity index (χ0v) is 13.5. The molecule has 0 amide bonds. The topological polar surface area (TPSA) is 52.0 Å². The summed E-state index contributed by atoms with van der Waals surface area (Å²) < 4.78 is 26.9. The van der Waals surface area contributed by atoms with Gasteiger partial charge in [-0.3, -0.25) is 0 Å². The van der Waals surface area contributed by atoms with Crippen molar-refractivity contribution in [2.75, 3.05) is 11.5 Å². The molecule has 2 aromatic rings. The van der Waals surface area contributed by atoms with Crippen molar-refractivity contribution >= 4 is 37.5 Å². The van der Waals surface area contributed by atoms with E-state index < -0.39 is 9.84 Å². The molecule has 0 bridgehead atoms. The van der Waals surface area contributed by atoms with Crippen LogP contribution in [0.5, 0.6) is 0 Å². The first-order valence-electron chi connectivity index (χ1n) is 5.57. The number of thioether (sulfide) groups is 1. The zero-order valence-electron chi connectivity index (χ0n) is 10.3. The lowest BCUT2D eigenvalue weighted by molar-refractivity contribution is 0.597. The van der Waals surface area contributed by atoms with Crippen LogP contribution >= 0.6 is 27.7 Å². The minimum absolute atomic E-state index is 0.103. The molecule has 0 aliphatic heterocycles. The minimum Gasteiger partial charge on any atom is -0.329 e. The van der Waals surface area contributed by atoms with Gasteiger partial charge in [0.25, 0.3) is 0 Å². The smallest absolute Gasteiger partial charge is 0.179 e. The van der Waals surface area contributed by atoms with Gasteiger partial charge in [0.15, 0.2) is 15.0 Å². The summed E-state index contributed by atoms with van der Waals surface area (Å²) in [4.78, 5) is 4.50. The average Bonchev–Trinajstić information content (AvgIpc) is 2.75. The maximum absolute atomic E-state index is 12.1. The van der Waals surface area contributed by atoms with Crippen LogP contribution < -0.4 is 0 Å². The summed E-state index contributed by atoms with van der Waals surface area (Å²) in [6.07, 6.45) is 3.54. The summed E-state index contributed by atoms with van der Waals surface area (Å²) in [6.45, 7) is 0. The predicted octanol–water partition coefficient (Wildman–Crippen LogP) is 2.75. The van der Waals surface area contributed by atoms with Crippen molar-refractivity contribution in [3.63, 3.8) is 0 Å². The number of imidazole rings is 1. The molecule has 0 spiro atoms. The van der Waals surface area contributed by atoms with Crippen molar-refractivity contribution in [1.82, 2.24) is 9.55 Å². The molecule has 19 heavy (non-hydrogen) atoms. The Morgan fingerprint density at radius 2 is 2.00 bits per heavy atom. The molecular formula is C12H13BrN2O2S2. The van der Waals surface area contributed by atoms with Crippen LogP contribution in [-0.2, 0) is 16.9 Å². The Morgan fingerprint density at radius 1 is 1.32 bits per heavy atom. The normalized spacial score (nSPS) is 11.7. The van der Waals surface area contributed by atoms with E-state index in [1.807, 2.05) is 17.8 Å². The van der Waals surface area contributed by atoms with Crippen molar-refractivity contribution in [2.45, 2.75) is 10.1 Å². The molecule has 7 heteroatoms. The monoisotopic (exact) mass is 360 g/mol. The van der Waals surface area contributed by atoms with Gasteiger partial charge >= 0.3 is 0 Å². The lowest BCUT2D eigenvalue weighted by Crippen LogP contribution is -2.09. The molecule has 102 valence electrons. The molecule has 1 aromatic carbocycles. The summed E-state index contributed by atoms with van der Waals surface area (Å²) in [7, 11) is -1.33. The first-order chi connectivity index (χ1) is 8.99. The van der Waals surface area contributed by atoms with E-state index in [1.54, 1.807) is 30.5 Å². The number of rotatable bonds is 5. The number of hydrogen-bond donors (Lipinski definition) is 0. The molecule has 0 saturated carbocycles. The first kappa shape index (κ1) is 14.6. The fourth-order valence-corrected chi connectivity index (χ4v) is 4.34. The van der Waals surface area contributed by atoms with Gasteiger partial charge in [-0.2, -0.15) is 0 Å². The van der Waals surface area contributed by atoms with E-state index in [2.05, 4.69) is 20.9 Å². The molecular weight excluding hydrogens is 348 g/mol. The SMILES string of the molecule is Cn1ccnc1SCCS(=O)(=O)c1ccc(Br)cc1. The Balaban J connectivity index is 1.98. The van der Waals surface area contributed by atoms with Crippen LogP contribution in [-0.4, -0.2) is 29.5 Å². The molecule has 0 N–H and O–H groups in total. The van der Waals surface area contributed by atoms with E-state index in [1.165, 1.54) is 11.8 Å². The second-order valence-corrected chi connectivity index (χ2v) is 8.03. The molecule has 0 aliphatic carbocycles. The number of nitrogens with zero attached hydrogens (tertiary/aromatic N) is 2. The van der Waals surface area contributed by atoms with E-state index >= 15 is 0 Å². The minimum atomic E-state index is -3.22. The van der Waals surface area contributed by atoms with E-state index in [9.17, 15) is 8.42 Å². The quantitative estimate of drug-likeness (QED) is 0.769. The third-order valence-electron chi connectivity index (χ3n) is 2.53. The molecule has 0 saturated heterocycles. The van der Waals surface area contributed by atoms with E-state index in [0.717, 1.165) is 9.63 Å². The summed E-state index contributed by atoms with van der Waals surface area (Å²) in [5, 5.41) is 0.825. The summed E-state index contributed by atoms with van der Waals surface area (Å²) >= 11 is 4.73. The second-order valence-electron chi connectivity index (χ2n) is 3.94. The van der Waals surface area contributed by atoms with Gasteiger partial charge in [0.1, 0.15) is 0 Å². The largest absolute Gasteiger partial charge is 0.329 e. The standard InChI is InChI=1S/C12H13BrN2O2S2/c1-15-7-6-14-12(15)18-8-9-19(16,17)11-4-2-10(13)3-5-11/h2-7H,8-9H2,1H3. The number of hydrogen-bond acceptors (Lipinski definition) is 4. The van der Waals surface area contributed by atoms with Crippen LogP contribution in [0, 0.1) is 0 Å². The van der Waals surface area contributed by atoms with Gasteiger partial charge < -0.3 is 4.57 Å². The molecule has 1 aromatic heterocycles. The van der Waals surface area contributed by atoms with Crippen LogP contribution in [0.1, 0.15) is 0 Å². The molecule has 2 rings (SSSR count). The number of benzene rings is 1. The predicted molar refractivity (Wildman–Crippen MR) is 80.1 cm³/mol. The van der Waals surface area contributed by atoms with Crippen molar-refractivity contribution in [2.24, 2.45) is 7.05 Å². The van der Waals surface area contributed by atoms with Crippen LogP contribution in [0.15, 0.2) is 51.2 Å². The Hall–Kier alpha value is -0.790. The molecule has 0 unspecified atom stereocenters. The average molecular weight is 361 g/mol. The van der Waals surface area contributed by atoms with Gasteiger partial charge in [0.05, 0.1) is 10.6 Å². The fourth-order valence-electron chi connectivity index (χ4n) is 1.49. The number of sulfone groups is 1. The highest BCUT2D eigenvalue weighted by molar-refractivity contribution is 9.10. The summed E-state index contributed by atoms with van der Waals surface area (Å²) in [5.74, 6) is 0.593. The molecule has 1 heterocycles. The molecule has 0 radical (unpaired) electrons. The summed E-state index contributed by atoms with van der Waals surface area (Å²) in [5.41, 5.74) is 0. The Kier molecular flexibility index (Phi) is 4.70. The molecule has 0 atom stereocenters. The number of halogens is 1. The fraction of sp³-hybridized carbons (Fsp3) is 0.250. The highest BCUT2D eigenvalue weighted by atomic mass is 79.9. The maximum atomic E-state index is 12.1. The van der Waals surface area contributed by atoms with E-state index in [-0.39, 0.29) is 5.75 Å². The van der Waals surface area contributed by atoms with Gasteiger partial charge in [0, 0.05) is 29.7 Å². The lowest BCUT2D eigenvalue weighted by atomic mass is 10.4. The third-order valence-corrected chi connectivity index (χ3v) is 6.11. The molecule has 0 aliphatic rings. The van der Waals surface area contributed by atoms with Gasteiger partial charge in [-0.1, -0.05) is 27.7 Å². The Morgan fingerprint density at radius 3 is 2.58 bits per heavy atom. The van der Waals surface area contributed by atoms with Crippen molar-refractivity contribution in [1.29, 1.82) is 0 Å². The lowest BCUT2D eigenvalue weighted by Gasteiger charge is -2.04. The summed E-state index contributed by atoms with van der Waals surface area (Å²) in [6, 6.07) is 6.70. The van der Waals surface area contributed by atoms with E-state index in [0.29, 0.717) is 10.6 Å². The zero-order chi connectivity index (χ0) is 13.9. The van der Waals surface area contributed by atoms with Crippen LogP contribution in [0.4, 0.5) is 0 Å². The first-order valence-corrected chi connectivity index (χ1v) is 9.00. The molecule has 0 fully saturated rings. The Labute approximate surface area is 125 Å². The van der Waals surface area contributed by atoms with Crippen molar-refractivity contribution < 1.29 is 8.42 Å². The van der Waals surface area contributed by atoms with Crippen molar-refractivity contribution in [3.05, 3.63) is 41.1 Å². The van der Waals surface area contributed by atoms with Crippen LogP contribution in [0.25, 0.3) is 0 Å². The van der Waals surface area contributed by atoms with Crippen LogP contribution in [0.3, 0.4) is 0 Å².